The Morgan fingerprint density at radius 1 is 1.22 bits per heavy atom. The molecule has 1 aromatic carbocycles. The zero-order valence-electron chi connectivity index (χ0n) is 13.1. The molecular weight excluding hydrogens is 290 g/mol. The third-order valence-corrected chi connectivity index (χ3v) is 4.35. The summed E-state index contributed by atoms with van der Waals surface area (Å²) in [7, 11) is 0. The molecule has 1 aliphatic heterocycles. The predicted octanol–water partition coefficient (Wildman–Crippen LogP) is 1.27. The monoisotopic (exact) mass is 309 g/mol. The van der Waals surface area contributed by atoms with Gasteiger partial charge in [-0.3, -0.25) is 0 Å². The van der Waals surface area contributed by atoms with Crippen molar-refractivity contribution < 1.29 is 0 Å². The van der Waals surface area contributed by atoms with E-state index in [1.54, 1.807) is 17.3 Å². The van der Waals surface area contributed by atoms with Crippen LogP contribution in [0.2, 0.25) is 0 Å². The molecule has 0 bridgehead atoms. The van der Waals surface area contributed by atoms with E-state index in [0.29, 0.717) is 6.04 Å². The summed E-state index contributed by atoms with van der Waals surface area (Å²) in [6, 6.07) is 8.85. The largest absolute Gasteiger partial charge is 0.314 e. The van der Waals surface area contributed by atoms with Crippen molar-refractivity contribution in [3.05, 3.63) is 54.1 Å². The molecule has 2 aromatic heterocycles. The van der Waals surface area contributed by atoms with Crippen LogP contribution < -0.4 is 5.32 Å². The van der Waals surface area contributed by atoms with Gasteiger partial charge < -0.3 is 9.88 Å². The highest BCUT2D eigenvalue weighted by Crippen LogP contribution is 2.15. The van der Waals surface area contributed by atoms with Crippen LogP contribution in [-0.4, -0.2) is 35.6 Å². The quantitative estimate of drug-likeness (QED) is 0.786. The number of hydrogen-bond acceptors (Lipinski definition) is 5. The van der Waals surface area contributed by atoms with Crippen molar-refractivity contribution in [2.45, 2.75) is 38.9 Å². The molecule has 1 aliphatic rings. The number of fused-ring (bicyclic) bond motifs is 1. The summed E-state index contributed by atoms with van der Waals surface area (Å²) >= 11 is 0. The summed E-state index contributed by atoms with van der Waals surface area (Å²) in [5, 5.41) is 16.1. The molecule has 0 saturated carbocycles. The van der Waals surface area contributed by atoms with Crippen LogP contribution in [-0.2, 0) is 19.5 Å². The van der Waals surface area contributed by atoms with Crippen molar-refractivity contribution in [1.29, 1.82) is 0 Å². The zero-order valence-corrected chi connectivity index (χ0v) is 13.1. The molecule has 0 fully saturated rings. The first kappa shape index (κ1) is 14.1. The third-order valence-electron chi connectivity index (χ3n) is 4.35. The second-order valence-electron chi connectivity index (χ2n) is 5.90. The van der Waals surface area contributed by atoms with E-state index in [-0.39, 0.29) is 0 Å². The maximum Gasteiger partial charge on any atom is 0.138 e. The van der Waals surface area contributed by atoms with Gasteiger partial charge >= 0.3 is 0 Å². The van der Waals surface area contributed by atoms with E-state index < -0.39 is 0 Å². The molecular formula is C16H19N7. The number of nitrogens with zero attached hydrogens (tertiary/aromatic N) is 6. The molecule has 3 heterocycles. The Hall–Kier alpha value is -2.54. The average molecular weight is 309 g/mol. The van der Waals surface area contributed by atoms with E-state index in [1.165, 1.54) is 5.56 Å². The smallest absolute Gasteiger partial charge is 0.138 e. The Morgan fingerprint density at radius 3 is 2.87 bits per heavy atom. The first-order valence-corrected chi connectivity index (χ1v) is 7.85. The van der Waals surface area contributed by atoms with Crippen molar-refractivity contribution in [3.63, 3.8) is 0 Å². The molecule has 0 aliphatic carbocycles. The number of hydrogen-bond donors (Lipinski definition) is 1. The van der Waals surface area contributed by atoms with Gasteiger partial charge in [-0.15, -0.1) is 10.2 Å². The number of aromatic nitrogens is 6. The van der Waals surface area contributed by atoms with E-state index in [9.17, 15) is 0 Å². The highest BCUT2D eigenvalue weighted by atomic mass is 15.3. The Morgan fingerprint density at radius 2 is 2.09 bits per heavy atom. The lowest BCUT2D eigenvalue weighted by Gasteiger charge is -2.25. The number of rotatable bonds is 4. The van der Waals surface area contributed by atoms with Gasteiger partial charge in [0, 0.05) is 25.6 Å². The van der Waals surface area contributed by atoms with Crippen LogP contribution in [0.25, 0.3) is 5.69 Å². The van der Waals surface area contributed by atoms with E-state index in [0.717, 1.165) is 43.3 Å². The van der Waals surface area contributed by atoms with Crippen LogP contribution in [0.15, 0.2) is 36.9 Å². The summed E-state index contributed by atoms with van der Waals surface area (Å²) in [5.74, 6) is 2.11. The van der Waals surface area contributed by atoms with E-state index >= 15 is 0 Å². The van der Waals surface area contributed by atoms with Crippen molar-refractivity contribution >= 4 is 0 Å². The van der Waals surface area contributed by atoms with E-state index in [1.807, 2.05) is 6.92 Å². The van der Waals surface area contributed by atoms with Crippen molar-refractivity contribution in [2.24, 2.45) is 0 Å². The first-order valence-electron chi connectivity index (χ1n) is 7.85. The number of aryl methyl sites for hydroxylation is 2. The van der Waals surface area contributed by atoms with Crippen LogP contribution in [0.3, 0.4) is 0 Å². The van der Waals surface area contributed by atoms with E-state index in [4.69, 9.17) is 0 Å². The summed E-state index contributed by atoms with van der Waals surface area (Å²) in [6.07, 6.45) is 5.34. The van der Waals surface area contributed by atoms with Crippen LogP contribution in [0.1, 0.15) is 23.6 Å². The van der Waals surface area contributed by atoms with Gasteiger partial charge in [0.15, 0.2) is 0 Å². The van der Waals surface area contributed by atoms with Crippen molar-refractivity contribution in [2.75, 3.05) is 0 Å². The molecule has 7 nitrogen and oxygen atoms in total. The van der Waals surface area contributed by atoms with Crippen LogP contribution >= 0.6 is 0 Å². The van der Waals surface area contributed by atoms with E-state index in [2.05, 4.69) is 54.4 Å². The fourth-order valence-electron chi connectivity index (χ4n) is 3.00. The predicted molar refractivity (Wildman–Crippen MR) is 85.1 cm³/mol. The number of benzene rings is 1. The summed E-state index contributed by atoms with van der Waals surface area (Å²) < 4.78 is 3.98. The second-order valence-corrected chi connectivity index (χ2v) is 5.90. The van der Waals surface area contributed by atoms with Gasteiger partial charge in [0.2, 0.25) is 0 Å². The Balaban J connectivity index is 1.37. The molecule has 0 saturated heterocycles. The fourth-order valence-corrected chi connectivity index (χ4v) is 3.00. The molecule has 0 unspecified atom stereocenters. The van der Waals surface area contributed by atoms with Gasteiger partial charge in [0.05, 0.1) is 5.69 Å². The van der Waals surface area contributed by atoms with Gasteiger partial charge in [-0.1, -0.05) is 12.1 Å². The maximum absolute atomic E-state index is 4.21. The molecule has 0 amide bonds. The second kappa shape index (κ2) is 5.92. The topological polar surface area (TPSA) is 73.5 Å². The highest BCUT2D eigenvalue weighted by Gasteiger charge is 2.20. The number of nitrogens with one attached hydrogen (secondary N) is 1. The van der Waals surface area contributed by atoms with Crippen LogP contribution in [0, 0.1) is 6.92 Å². The first-order chi connectivity index (χ1) is 11.3. The highest BCUT2D eigenvalue weighted by molar-refractivity contribution is 5.33. The van der Waals surface area contributed by atoms with Crippen LogP contribution in [0.5, 0.6) is 0 Å². The minimum atomic E-state index is 0.465. The lowest BCUT2D eigenvalue weighted by Crippen LogP contribution is -2.37. The summed E-state index contributed by atoms with van der Waals surface area (Å²) in [4.78, 5) is 3.97. The Labute approximate surface area is 134 Å². The molecule has 118 valence electrons. The Bertz CT molecular complexity index is 773. The Kier molecular flexibility index (Phi) is 3.63. The lowest BCUT2D eigenvalue weighted by molar-refractivity contribution is 0.375. The molecule has 4 rings (SSSR count). The summed E-state index contributed by atoms with van der Waals surface area (Å²) in [6.45, 7) is 3.83. The minimum Gasteiger partial charge on any atom is -0.314 e. The third kappa shape index (κ3) is 2.87. The van der Waals surface area contributed by atoms with Crippen molar-refractivity contribution in [1.82, 2.24) is 34.8 Å². The minimum absolute atomic E-state index is 0.465. The van der Waals surface area contributed by atoms with Crippen LogP contribution in [0.4, 0.5) is 0 Å². The lowest BCUT2D eigenvalue weighted by atomic mass is 10.1. The SMILES string of the molecule is Cc1nnc2n1C[C@H](NCc1ccc(-n3cncn3)cc1)CC2. The normalized spacial score (nSPS) is 17.2. The van der Waals surface area contributed by atoms with Gasteiger partial charge in [-0.25, -0.2) is 9.67 Å². The molecule has 7 heteroatoms. The fraction of sp³-hybridized carbons (Fsp3) is 0.375. The van der Waals surface area contributed by atoms with Gasteiger partial charge in [-0.2, -0.15) is 5.10 Å². The van der Waals surface area contributed by atoms with Gasteiger partial charge in [0.1, 0.15) is 24.3 Å². The molecule has 0 spiro atoms. The maximum atomic E-state index is 4.21. The van der Waals surface area contributed by atoms with Gasteiger partial charge in [0.25, 0.3) is 0 Å². The molecule has 0 radical (unpaired) electrons. The standard InChI is InChI=1S/C16H19N7/c1-12-20-21-16-7-4-14(9-22(12)16)18-8-13-2-5-15(6-3-13)23-11-17-10-19-23/h2-3,5-6,10-11,14,18H,4,7-9H2,1H3/t14-/m1/s1. The molecule has 1 N–H and O–H groups in total. The summed E-state index contributed by atoms with van der Waals surface area (Å²) in [5.41, 5.74) is 2.29. The zero-order chi connectivity index (χ0) is 15.6. The molecule has 3 aromatic rings. The molecule has 23 heavy (non-hydrogen) atoms. The van der Waals surface area contributed by atoms with Crippen molar-refractivity contribution in [3.8, 4) is 5.69 Å². The van der Waals surface area contributed by atoms with Gasteiger partial charge in [-0.05, 0) is 31.0 Å². The molecule has 1 atom stereocenters. The average Bonchev–Trinajstić information content (AvgIpc) is 3.24.